The molecule has 0 saturated carbocycles. The number of hydrogen-bond donors (Lipinski definition) is 1. The van der Waals surface area contributed by atoms with Gasteiger partial charge >= 0.3 is 12.3 Å². The highest BCUT2D eigenvalue weighted by Gasteiger charge is 2.49. The number of likely N-dealkylation sites (tertiary alicyclic amines) is 1. The standard InChI is InChI=1S/C28H35ClF3N7O3/c1-26(2,3)42-25(41)37-10-6-27(7-11-37)8-12-39(23(27)40)20-13-19(14-33-15-20)35-24-34-16-21(29)22(36-24)38-9-4-5-18(17-38)28(30,31)32/h13-16,18H,4-12,17H2,1-3H3,(H,34,35,36)/t18-/m1/s1. The van der Waals surface area contributed by atoms with E-state index in [0.717, 1.165) is 0 Å². The van der Waals surface area contributed by atoms with Gasteiger partial charge in [0.1, 0.15) is 10.6 Å². The maximum atomic E-state index is 13.6. The zero-order valence-corrected chi connectivity index (χ0v) is 24.6. The number of carbonyl (C=O) groups is 2. The molecule has 14 heteroatoms. The quantitative estimate of drug-likeness (QED) is 0.464. The summed E-state index contributed by atoms with van der Waals surface area (Å²) in [7, 11) is 0. The van der Waals surface area contributed by atoms with Crippen LogP contribution in [0, 0.1) is 11.3 Å². The number of anilines is 4. The third-order valence-corrected chi connectivity index (χ3v) is 8.35. The molecule has 5 heterocycles. The summed E-state index contributed by atoms with van der Waals surface area (Å²) in [6.07, 6.45) is 2.10. The van der Waals surface area contributed by atoms with Crippen LogP contribution in [0.2, 0.25) is 5.02 Å². The van der Waals surface area contributed by atoms with Crippen molar-refractivity contribution in [2.45, 2.75) is 64.7 Å². The van der Waals surface area contributed by atoms with Crippen molar-refractivity contribution < 1.29 is 27.5 Å². The Hall–Kier alpha value is -3.35. The average molecular weight is 610 g/mol. The molecule has 3 aliphatic rings. The van der Waals surface area contributed by atoms with Crippen LogP contribution >= 0.6 is 11.6 Å². The van der Waals surface area contributed by atoms with E-state index in [0.29, 0.717) is 63.2 Å². The van der Waals surface area contributed by atoms with E-state index in [4.69, 9.17) is 16.3 Å². The van der Waals surface area contributed by atoms with Gasteiger partial charge in [-0.1, -0.05) is 11.6 Å². The van der Waals surface area contributed by atoms with Crippen LogP contribution < -0.4 is 15.1 Å². The van der Waals surface area contributed by atoms with E-state index in [2.05, 4.69) is 20.3 Å². The monoisotopic (exact) mass is 609 g/mol. The second kappa shape index (κ2) is 11.4. The predicted octanol–water partition coefficient (Wildman–Crippen LogP) is 5.80. The van der Waals surface area contributed by atoms with E-state index in [-0.39, 0.29) is 41.8 Å². The molecule has 0 aliphatic carbocycles. The average Bonchev–Trinajstić information content (AvgIpc) is 3.24. The van der Waals surface area contributed by atoms with Gasteiger partial charge in [-0.3, -0.25) is 9.78 Å². The maximum absolute atomic E-state index is 13.6. The van der Waals surface area contributed by atoms with Crippen LogP contribution in [-0.2, 0) is 9.53 Å². The number of halogens is 4. The first-order valence-electron chi connectivity index (χ1n) is 14.1. The van der Waals surface area contributed by atoms with Gasteiger partial charge < -0.3 is 24.8 Å². The summed E-state index contributed by atoms with van der Waals surface area (Å²) in [5.74, 6) is -1.05. The van der Waals surface area contributed by atoms with E-state index >= 15 is 0 Å². The van der Waals surface area contributed by atoms with Crippen LogP contribution in [0.25, 0.3) is 0 Å². The molecule has 42 heavy (non-hydrogen) atoms. The van der Waals surface area contributed by atoms with Gasteiger partial charge in [-0.05, 0) is 58.9 Å². The van der Waals surface area contributed by atoms with Crippen LogP contribution in [0.1, 0.15) is 52.9 Å². The smallest absolute Gasteiger partial charge is 0.410 e. The Morgan fingerprint density at radius 1 is 1.10 bits per heavy atom. The Morgan fingerprint density at radius 3 is 2.50 bits per heavy atom. The van der Waals surface area contributed by atoms with Gasteiger partial charge in [0.25, 0.3) is 0 Å². The molecule has 0 bridgehead atoms. The van der Waals surface area contributed by atoms with Crippen molar-refractivity contribution in [3.8, 4) is 0 Å². The highest BCUT2D eigenvalue weighted by atomic mass is 35.5. The number of amides is 2. The van der Waals surface area contributed by atoms with Crippen LogP contribution in [0.4, 0.5) is 41.1 Å². The van der Waals surface area contributed by atoms with Crippen molar-refractivity contribution in [2.75, 3.05) is 47.8 Å². The molecule has 10 nitrogen and oxygen atoms in total. The molecule has 3 fully saturated rings. The number of rotatable bonds is 4. The van der Waals surface area contributed by atoms with Crippen molar-refractivity contribution in [3.63, 3.8) is 0 Å². The molecule has 1 spiro atoms. The van der Waals surface area contributed by atoms with Crippen molar-refractivity contribution in [1.29, 1.82) is 0 Å². The first-order valence-corrected chi connectivity index (χ1v) is 14.5. The number of ether oxygens (including phenoxy) is 1. The third-order valence-electron chi connectivity index (χ3n) is 8.09. The SMILES string of the molecule is CC(C)(C)OC(=O)N1CCC2(CC1)CCN(c1cncc(Nc3ncc(Cl)c(N4CCC[C@@H](C(F)(F)F)C4)n3)c1)C2=O. The summed E-state index contributed by atoms with van der Waals surface area (Å²) in [6.45, 7) is 7.09. The topological polar surface area (TPSA) is 104 Å². The van der Waals surface area contributed by atoms with E-state index in [1.54, 1.807) is 33.2 Å². The van der Waals surface area contributed by atoms with Crippen LogP contribution in [0.3, 0.4) is 0 Å². The van der Waals surface area contributed by atoms with Gasteiger partial charge in [-0.15, -0.1) is 0 Å². The summed E-state index contributed by atoms with van der Waals surface area (Å²) in [4.78, 5) is 43.9. The number of alkyl halides is 3. The van der Waals surface area contributed by atoms with Gasteiger partial charge in [-0.25, -0.2) is 9.78 Å². The molecule has 228 valence electrons. The maximum Gasteiger partial charge on any atom is 0.410 e. The summed E-state index contributed by atoms with van der Waals surface area (Å²) >= 11 is 6.29. The van der Waals surface area contributed by atoms with Crippen LogP contribution in [-0.4, -0.2) is 76.4 Å². The Morgan fingerprint density at radius 2 is 1.81 bits per heavy atom. The fraction of sp³-hybridized carbons (Fsp3) is 0.607. The lowest BCUT2D eigenvalue weighted by atomic mass is 9.77. The van der Waals surface area contributed by atoms with Gasteiger partial charge in [0.15, 0.2) is 5.82 Å². The zero-order valence-electron chi connectivity index (χ0n) is 23.9. The molecule has 3 aliphatic heterocycles. The largest absolute Gasteiger partial charge is 0.444 e. The number of aromatic nitrogens is 3. The van der Waals surface area contributed by atoms with Gasteiger partial charge in [-0.2, -0.15) is 18.2 Å². The number of hydrogen-bond acceptors (Lipinski definition) is 8. The second-order valence-corrected chi connectivity index (χ2v) is 12.6. The molecule has 1 N–H and O–H groups in total. The first kappa shape index (κ1) is 30.1. The third kappa shape index (κ3) is 6.50. The molecule has 5 rings (SSSR count). The fourth-order valence-corrected chi connectivity index (χ4v) is 6.03. The highest BCUT2D eigenvalue weighted by Crippen LogP contribution is 2.43. The Kier molecular flexibility index (Phi) is 8.16. The minimum absolute atomic E-state index is 0.000338. The molecule has 1 atom stereocenters. The molecule has 0 radical (unpaired) electrons. The van der Waals surface area contributed by atoms with Gasteiger partial charge in [0.05, 0.1) is 41.3 Å². The van der Waals surface area contributed by atoms with E-state index < -0.39 is 23.1 Å². The molecule has 0 aromatic carbocycles. The zero-order chi connectivity index (χ0) is 30.3. The fourth-order valence-electron chi connectivity index (χ4n) is 5.82. The normalized spacial score (nSPS) is 21.2. The van der Waals surface area contributed by atoms with E-state index in [1.807, 2.05) is 20.8 Å². The molecule has 2 aromatic heterocycles. The first-order chi connectivity index (χ1) is 19.7. The minimum atomic E-state index is -4.29. The summed E-state index contributed by atoms with van der Waals surface area (Å²) in [5.41, 5.74) is -0.00447. The lowest BCUT2D eigenvalue weighted by Gasteiger charge is -2.38. The summed E-state index contributed by atoms with van der Waals surface area (Å²) in [5, 5.41) is 3.22. The van der Waals surface area contributed by atoms with Crippen molar-refractivity contribution in [2.24, 2.45) is 11.3 Å². The van der Waals surface area contributed by atoms with Gasteiger partial charge in [0.2, 0.25) is 11.9 Å². The van der Waals surface area contributed by atoms with E-state index in [9.17, 15) is 22.8 Å². The molecule has 0 unspecified atom stereocenters. The van der Waals surface area contributed by atoms with E-state index in [1.165, 1.54) is 6.20 Å². The molecular formula is C28H35ClF3N7O3. The number of nitrogens with one attached hydrogen (secondary N) is 1. The van der Waals surface area contributed by atoms with Crippen molar-refractivity contribution in [3.05, 3.63) is 29.7 Å². The lowest BCUT2D eigenvalue weighted by Crippen LogP contribution is -2.48. The number of pyridine rings is 1. The Bertz CT molecular complexity index is 1330. The summed E-state index contributed by atoms with van der Waals surface area (Å²) < 4.78 is 45.5. The Labute approximate surface area is 247 Å². The lowest BCUT2D eigenvalue weighted by molar-refractivity contribution is -0.176. The Balaban J connectivity index is 1.25. The van der Waals surface area contributed by atoms with Gasteiger partial charge in [0, 0.05) is 32.7 Å². The molecule has 2 aromatic rings. The molecule has 2 amide bonds. The predicted molar refractivity (Wildman–Crippen MR) is 152 cm³/mol. The molecular weight excluding hydrogens is 575 g/mol. The van der Waals surface area contributed by atoms with Crippen LogP contribution in [0.15, 0.2) is 24.7 Å². The highest BCUT2D eigenvalue weighted by molar-refractivity contribution is 6.32. The minimum Gasteiger partial charge on any atom is -0.444 e. The van der Waals surface area contributed by atoms with Crippen molar-refractivity contribution in [1.82, 2.24) is 19.9 Å². The number of carbonyl (C=O) groups excluding carboxylic acids is 2. The summed E-state index contributed by atoms with van der Waals surface area (Å²) in [6, 6.07) is 1.76. The van der Waals surface area contributed by atoms with Crippen molar-refractivity contribution >= 4 is 46.7 Å². The van der Waals surface area contributed by atoms with Crippen LogP contribution in [0.5, 0.6) is 0 Å². The number of piperidine rings is 2. The number of nitrogens with zero attached hydrogens (tertiary/aromatic N) is 6. The molecule has 3 saturated heterocycles. The second-order valence-electron chi connectivity index (χ2n) is 12.2.